The Labute approximate surface area is 117 Å². The molecule has 0 aliphatic heterocycles. The molecule has 1 aromatic carbocycles. The van der Waals surface area contributed by atoms with Crippen molar-refractivity contribution in [3.05, 3.63) is 34.7 Å². The zero-order valence-electron chi connectivity index (χ0n) is 11.3. The first-order valence-electron chi connectivity index (χ1n) is 6.55. The van der Waals surface area contributed by atoms with Crippen molar-refractivity contribution in [1.29, 1.82) is 0 Å². The highest BCUT2D eigenvalue weighted by molar-refractivity contribution is 7.21. The van der Waals surface area contributed by atoms with Crippen LogP contribution < -0.4 is 0 Å². The molecule has 0 amide bonds. The third-order valence-corrected chi connectivity index (χ3v) is 4.42. The Morgan fingerprint density at radius 2 is 2.11 bits per heavy atom. The van der Waals surface area contributed by atoms with E-state index in [0.717, 1.165) is 35.0 Å². The van der Waals surface area contributed by atoms with Crippen LogP contribution in [0.5, 0.6) is 0 Å². The predicted molar refractivity (Wildman–Crippen MR) is 80.0 cm³/mol. The van der Waals surface area contributed by atoms with Crippen LogP contribution in [0.15, 0.2) is 24.3 Å². The van der Waals surface area contributed by atoms with Crippen LogP contribution in [-0.2, 0) is 6.54 Å². The van der Waals surface area contributed by atoms with Gasteiger partial charge in [-0.3, -0.25) is 0 Å². The Hall–Kier alpha value is -1.39. The maximum atomic E-state index is 11.4. The summed E-state index contributed by atoms with van der Waals surface area (Å²) in [6, 6.07) is 7.93. The fourth-order valence-electron chi connectivity index (χ4n) is 2.21. The highest BCUT2D eigenvalue weighted by atomic mass is 32.1. The zero-order chi connectivity index (χ0) is 13.8. The fourth-order valence-corrected chi connectivity index (χ4v) is 3.26. The van der Waals surface area contributed by atoms with Gasteiger partial charge in [0.05, 0.1) is 0 Å². The number of nitrogens with zero attached hydrogens (tertiary/aromatic N) is 1. The molecule has 3 nitrogen and oxygen atoms in total. The van der Waals surface area contributed by atoms with Crippen molar-refractivity contribution in [3.8, 4) is 0 Å². The van der Waals surface area contributed by atoms with Crippen LogP contribution in [0.3, 0.4) is 0 Å². The number of carboxylic acid groups (broad SMARTS) is 1. The van der Waals surface area contributed by atoms with E-state index in [0.29, 0.717) is 11.4 Å². The molecule has 2 rings (SSSR count). The molecule has 1 aromatic heterocycles. The van der Waals surface area contributed by atoms with Crippen LogP contribution in [-0.4, -0.2) is 29.6 Å². The molecule has 0 saturated carbocycles. The zero-order valence-corrected chi connectivity index (χ0v) is 12.2. The van der Waals surface area contributed by atoms with Crippen LogP contribution in [0.2, 0.25) is 0 Å². The number of benzene rings is 1. The number of aromatic carboxylic acids is 1. The number of carbonyl (C=O) groups is 1. The Morgan fingerprint density at radius 3 is 2.79 bits per heavy atom. The number of carboxylic acids is 1. The Balaban J connectivity index is 2.34. The highest BCUT2D eigenvalue weighted by Gasteiger charge is 2.18. The number of thiophene rings is 1. The summed E-state index contributed by atoms with van der Waals surface area (Å²) < 4.78 is 1.05. The molecule has 0 fully saturated rings. The van der Waals surface area contributed by atoms with Gasteiger partial charge in [-0.05, 0) is 37.0 Å². The lowest BCUT2D eigenvalue weighted by molar-refractivity contribution is 0.0700. The van der Waals surface area contributed by atoms with Gasteiger partial charge < -0.3 is 10.0 Å². The van der Waals surface area contributed by atoms with Gasteiger partial charge in [0.2, 0.25) is 0 Å². The number of rotatable bonds is 6. The molecule has 0 bridgehead atoms. The lowest BCUT2D eigenvalue weighted by Gasteiger charge is -2.16. The van der Waals surface area contributed by atoms with E-state index in [1.807, 2.05) is 31.3 Å². The second-order valence-electron chi connectivity index (χ2n) is 4.80. The maximum absolute atomic E-state index is 11.4. The summed E-state index contributed by atoms with van der Waals surface area (Å²) in [6.45, 7) is 3.86. The van der Waals surface area contributed by atoms with E-state index >= 15 is 0 Å². The van der Waals surface area contributed by atoms with Gasteiger partial charge in [-0.25, -0.2) is 4.79 Å². The van der Waals surface area contributed by atoms with Gasteiger partial charge in [0.15, 0.2) is 0 Å². The summed E-state index contributed by atoms with van der Waals surface area (Å²) in [5.74, 6) is -0.819. The van der Waals surface area contributed by atoms with E-state index in [9.17, 15) is 9.90 Å². The van der Waals surface area contributed by atoms with Crippen molar-refractivity contribution < 1.29 is 9.90 Å². The Bertz CT molecular complexity index is 577. The molecular weight excluding hydrogens is 258 g/mol. The molecule has 2 aromatic rings. The van der Waals surface area contributed by atoms with Gasteiger partial charge in [-0.15, -0.1) is 11.3 Å². The molecule has 19 heavy (non-hydrogen) atoms. The van der Waals surface area contributed by atoms with E-state index in [1.54, 1.807) is 0 Å². The van der Waals surface area contributed by atoms with Crippen molar-refractivity contribution in [1.82, 2.24) is 4.90 Å². The van der Waals surface area contributed by atoms with Crippen LogP contribution in [0.1, 0.15) is 35.0 Å². The molecule has 0 spiro atoms. The van der Waals surface area contributed by atoms with E-state index in [1.165, 1.54) is 11.3 Å². The predicted octanol–water partition coefficient (Wildman–Crippen LogP) is 3.83. The average molecular weight is 277 g/mol. The molecule has 0 radical (unpaired) electrons. The van der Waals surface area contributed by atoms with Gasteiger partial charge >= 0.3 is 5.97 Å². The van der Waals surface area contributed by atoms with Gasteiger partial charge in [-0.2, -0.15) is 0 Å². The van der Waals surface area contributed by atoms with Gasteiger partial charge in [0, 0.05) is 11.2 Å². The Morgan fingerprint density at radius 1 is 1.37 bits per heavy atom. The highest BCUT2D eigenvalue weighted by Crippen LogP contribution is 2.32. The van der Waals surface area contributed by atoms with Gasteiger partial charge in [0.1, 0.15) is 4.88 Å². The summed E-state index contributed by atoms with van der Waals surface area (Å²) in [5, 5.41) is 10.4. The van der Waals surface area contributed by atoms with Crippen molar-refractivity contribution in [3.63, 3.8) is 0 Å². The summed E-state index contributed by atoms with van der Waals surface area (Å²) in [6.07, 6.45) is 2.29. The molecule has 1 N–H and O–H groups in total. The molecule has 0 atom stereocenters. The summed E-state index contributed by atoms with van der Waals surface area (Å²) in [4.78, 5) is 14.1. The van der Waals surface area contributed by atoms with Crippen LogP contribution in [0, 0.1) is 0 Å². The van der Waals surface area contributed by atoms with Crippen molar-refractivity contribution in [2.24, 2.45) is 0 Å². The summed E-state index contributed by atoms with van der Waals surface area (Å²) in [5.41, 5.74) is 0.951. The largest absolute Gasteiger partial charge is 0.477 e. The van der Waals surface area contributed by atoms with Crippen LogP contribution >= 0.6 is 11.3 Å². The van der Waals surface area contributed by atoms with Gasteiger partial charge in [0.25, 0.3) is 0 Å². The second-order valence-corrected chi connectivity index (χ2v) is 5.85. The number of fused-ring (bicyclic) bond motifs is 1. The number of hydrogen-bond acceptors (Lipinski definition) is 3. The smallest absolute Gasteiger partial charge is 0.346 e. The normalized spacial score (nSPS) is 11.3. The van der Waals surface area contributed by atoms with Crippen molar-refractivity contribution in [2.45, 2.75) is 26.3 Å². The lowest BCUT2D eigenvalue weighted by Crippen LogP contribution is -2.20. The quantitative estimate of drug-likeness (QED) is 0.872. The first-order valence-corrected chi connectivity index (χ1v) is 7.37. The lowest BCUT2D eigenvalue weighted by atomic mass is 10.1. The average Bonchev–Trinajstić information content (AvgIpc) is 2.76. The van der Waals surface area contributed by atoms with Crippen LogP contribution in [0.4, 0.5) is 0 Å². The Kier molecular flexibility index (Phi) is 4.56. The number of hydrogen-bond donors (Lipinski definition) is 1. The minimum Gasteiger partial charge on any atom is -0.477 e. The third-order valence-electron chi connectivity index (χ3n) is 3.21. The third kappa shape index (κ3) is 3.14. The first kappa shape index (κ1) is 14.0. The SMILES string of the molecule is CCCCN(C)Cc1c(C(=O)O)sc2ccccc12. The molecule has 0 aliphatic rings. The molecule has 0 aliphatic carbocycles. The first-order chi connectivity index (χ1) is 9.13. The molecule has 0 unspecified atom stereocenters. The van der Waals surface area contributed by atoms with E-state index in [2.05, 4.69) is 11.8 Å². The standard InChI is InChI=1S/C15H19NO2S/c1-3-4-9-16(2)10-12-11-7-5-6-8-13(11)19-14(12)15(17)18/h5-8H,3-4,9-10H2,1-2H3,(H,17,18). The monoisotopic (exact) mass is 277 g/mol. The summed E-state index contributed by atoms with van der Waals surface area (Å²) in [7, 11) is 2.05. The fraction of sp³-hybridized carbons (Fsp3) is 0.400. The van der Waals surface area contributed by atoms with E-state index in [4.69, 9.17) is 0 Å². The molecular formula is C15H19NO2S. The van der Waals surface area contributed by atoms with Crippen molar-refractivity contribution >= 4 is 27.4 Å². The van der Waals surface area contributed by atoms with E-state index < -0.39 is 5.97 Å². The molecule has 0 saturated heterocycles. The van der Waals surface area contributed by atoms with E-state index in [-0.39, 0.29) is 0 Å². The minimum atomic E-state index is -0.819. The maximum Gasteiger partial charge on any atom is 0.346 e. The second kappa shape index (κ2) is 6.17. The van der Waals surface area contributed by atoms with Crippen LogP contribution in [0.25, 0.3) is 10.1 Å². The molecule has 1 heterocycles. The molecule has 4 heteroatoms. The van der Waals surface area contributed by atoms with Gasteiger partial charge in [-0.1, -0.05) is 31.5 Å². The minimum absolute atomic E-state index is 0.476. The number of unbranched alkanes of at least 4 members (excludes halogenated alkanes) is 1. The topological polar surface area (TPSA) is 40.5 Å². The molecule has 102 valence electrons. The summed E-state index contributed by atoms with van der Waals surface area (Å²) >= 11 is 1.37. The van der Waals surface area contributed by atoms with Crippen molar-refractivity contribution in [2.75, 3.05) is 13.6 Å².